The van der Waals surface area contributed by atoms with Crippen LogP contribution in [0.15, 0.2) is 30.5 Å². The van der Waals surface area contributed by atoms with Gasteiger partial charge in [0.1, 0.15) is 0 Å². The third-order valence-electron chi connectivity index (χ3n) is 3.29. The number of benzene rings is 1. The van der Waals surface area contributed by atoms with Gasteiger partial charge in [-0.3, -0.25) is 4.68 Å². The van der Waals surface area contributed by atoms with E-state index in [0.717, 1.165) is 19.5 Å². The molecule has 3 nitrogen and oxygen atoms in total. The monoisotopic (exact) mass is 243 g/mol. The molecule has 0 spiro atoms. The number of rotatable bonds is 5. The normalized spacial score (nSPS) is 10.8. The fourth-order valence-corrected chi connectivity index (χ4v) is 2.10. The van der Waals surface area contributed by atoms with Crippen molar-refractivity contribution >= 4 is 0 Å². The van der Waals surface area contributed by atoms with Crippen LogP contribution in [0.5, 0.6) is 0 Å². The molecule has 0 saturated carbocycles. The van der Waals surface area contributed by atoms with Gasteiger partial charge in [-0.15, -0.1) is 0 Å². The molecule has 0 saturated heterocycles. The highest BCUT2D eigenvalue weighted by atomic mass is 15.3. The van der Waals surface area contributed by atoms with Crippen molar-refractivity contribution in [2.45, 2.75) is 26.8 Å². The maximum atomic E-state index is 4.33. The molecular weight excluding hydrogens is 222 g/mol. The molecule has 0 bridgehead atoms. The summed E-state index contributed by atoms with van der Waals surface area (Å²) in [5.74, 6) is 0. The Hall–Kier alpha value is -1.61. The van der Waals surface area contributed by atoms with Crippen LogP contribution in [-0.4, -0.2) is 16.3 Å². The van der Waals surface area contributed by atoms with E-state index in [9.17, 15) is 0 Å². The molecule has 1 aromatic heterocycles. The maximum absolute atomic E-state index is 4.33. The quantitative estimate of drug-likeness (QED) is 0.818. The first-order valence-electron chi connectivity index (χ1n) is 6.51. The van der Waals surface area contributed by atoms with Crippen molar-refractivity contribution in [1.29, 1.82) is 0 Å². The van der Waals surface area contributed by atoms with Crippen LogP contribution in [0, 0.1) is 6.92 Å². The number of nitrogens with zero attached hydrogens (tertiary/aromatic N) is 2. The first kappa shape index (κ1) is 12.8. The number of aromatic nitrogens is 2. The zero-order valence-electron chi connectivity index (χ0n) is 11.4. The third-order valence-corrected chi connectivity index (χ3v) is 3.29. The van der Waals surface area contributed by atoms with Crippen molar-refractivity contribution in [2.24, 2.45) is 7.05 Å². The molecule has 0 fully saturated rings. The molecule has 1 N–H and O–H groups in total. The Balaban J connectivity index is 2.30. The fourth-order valence-electron chi connectivity index (χ4n) is 2.10. The first-order chi connectivity index (χ1) is 8.74. The highest BCUT2D eigenvalue weighted by Crippen LogP contribution is 2.26. The second-order valence-electron chi connectivity index (χ2n) is 4.60. The minimum atomic E-state index is 0.915. The molecule has 0 aliphatic rings. The molecular formula is C15H21N3. The molecule has 1 heterocycles. The molecule has 0 radical (unpaired) electrons. The van der Waals surface area contributed by atoms with Gasteiger partial charge in [0.2, 0.25) is 0 Å². The van der Waals surface area contributed by atoms with E-state index >= 15 is 0 Å². The van der Waals surface area contributed by atoms with E-state index < -0.39 is 0 Å². The van der Waals surface area contributed by atoms with Gasteiger partial charge in [0.05, 0.1) is 6.20 Å². The van der Waals surface area contributed by atoms with Crippen LogP contribution in [0.1, 0.15) is 24.6 Å². The predicted octanol–water partition coefficient (Wildman–Crippen LogP) is 2.90. The second kappa shape index (κ2) is 5.83. The van der Waals surface area contributed by atoms with E-state index in [1.807, 2.05) is 17.9 Å². The largest absolute Gasteiger partial charge is 0.313 e. The molecule has 0 amide bonds. The van der Waals surface area contributed by atoms with Gasteiger partial charge in [-0.1, -0.05) is 31.2 Å². The Labute approximate surface area is 109 Å². The summed E-state index contributed by atoms with van der Waals surface area (Å²) in [5.41, 5.74) is 5.05. The van der Waals surface area contributed by atoms with Crippen LogP contribution in [0.4, 0.5) is 0 Å². The average molecular weight is 243 g/mol. The van der Waals surface area contributed by atoms with Gasteiger partial charge in [0.25, 0.3) is 0 Å². The minimum Gasteiger partial charge on any atom is -0.313 e. The fraction of sp³-hybridized carbons (Fsp3) is 0.400. The number of hydrogen-bond acceptors (Lipinski definition) is 2. The van der Waals surface area contributed by atoms with E-state index in [0.29, 0.717) is 0 Å². The SMILES string of the molecule is CCCNCc1ccccc1-c1cnn(C)c1C. The second-order valence-corrected chi connectivity index (χ2v) is 4.60. The Morgan fingerprint density at radius 2 is 2.00 bits per heavy atom. The molecule has 0 aliphatic carbocycles. The Morgan fingerprint density at radius 3 is 2.67 bits per heavy atom. The number of aryl methyl sites for hydroxylation is 1. The Bertz CT molecular complexity index is 514. The van der Waals surface area contributed by atoms with Crippen molar-refractivity contribution in [3.05, 3.63) is 41.7 Å². The summed E-state index contributed by atoms with van der Waals surface area (Å²) in [6.45, 7) is 6.27. The van der Waals surface area contributed by atoms with Crippen LogP contribution in [0.3, 0.4) is 0 Å². The van der Waals surface area contributed by atoms with Gasteiger partial charge in [0, 0.05) is 24.8 Å². The van der Waals surface area contributed by atoms with E-state index in [2.05, 4.69) is 48.5 Å². The van der Waals surface area contributed by atoms with Crippen LogP contribution in [0.2, 0.25) is 0 Å². The highest BCUT2D eigenvalue weighted by Gasteiger charge is 2.09. The molecule has 1 aromatic carbocycles. The third kappa shape index (κ3) is 2.62. The summed E-state index contributed by atoms with van der Waals surface area (Å²) in [6.07, 6.45) is 3.11. The Kier molecular flexibility index (Phi) is 4.15. The zero-order valence-corrected chi connectivity index (χ0v) is 11.4. The summed E-state index contributed by atoms with van der Waals surface area (Å²) in [7, 11) is 1.98. The van der Waals surface area contributed by atoms with Crippen molar-refractivity contribution in [2.75, 3.05) is 6.54 Å². The molecule has 2 aromatic rings. The van der Waals surface area contributed by atoms with Crippen molar-refractivity contribution in [3.63, 3.8) is 0 Å². The van der Waals surface area contributed by atoms with Crippen LogP contribution in [0.25, 0.3) is 11.1 Å². The maximum Gasteiger partial charge on any atom is 0.0571 e. The Morgan fingerprint density at radius 1 is 1.22 bits per heavy atom. The zero-order chi connectivity index (χ0) is 13.0. The summed E-state index contributed by atoms with van der Waals surface area (Å²) in [4.78, 5) is 0. The van der Waals surface area contributed by atoms with Crippen molar-refractivity contribution in [1.82, 2.24) is 15.1 Å². The van der Waals surface area contributed by atoms with Gasteiger partial charge >= 0.3 is 0 Å². The van der Waals surface area contributed by atoms with E-state index in [-0.39, 0.29) is 0 Å². The summed E-state index contributed by atoms with van der Waals surface area (Å²) in [5, 5.41) is 7.79. The molecule has 18 heavy (non-hydrogen) atoms. The van der Waals surface area contributed by atoms with E-state index in [1.165, 1.54) is 22.4 Å². The smallest absolute Gasteiger partial charge is 0.0571 e. The lowest BCUT2D eigenvalue weighted by molar-refractivity contribution is 0.676. The standard InChI is InChI=1S/C15H21N3/c1-4-9-16-10-13-7-5-6-8-14(13)15-11-17-18(3)12(15)2/h5-8,11,16H,4,9-10H2,1-3H3. The van der Waals surface area contributed by atoms with E-state index in [4.69, 9.17) is 0 Å². The minimum absolute atomic E-state index is 0.915. The van der Waals surface area contributed by atoms with Gasteiger partial charge in [-0.05, 0) is 31.0 Å². The average Bonchev–Trinajstić information content (AvgIpc) is 2.71. The van der Waals surface area contributed by atoms with Crippen molar-refractivity contribution in [3.8, 4) is 11.1 Å². The lowest BCUT2D eigenvalue weighted by Gasteiger charge is -2.10. The lowest BCUT2D eigenvalue weighted by Crippen LogP contribution is -2.14. The number of nitrogens with one attached hydrogen (secondary N) is 1. The molecule has 0 aliphatic heterocycles. The van der Waals surface area contributed by atoms with Gasteiger partial charge in [-0.2, -0.15) is 5.10 Å². The van der Waals surface area contributed by atoms with Gasteiger partial charge in [-0.25, -0.2) is 0 Å². The van der Waals surface area contributed by atoms with Gasteiger partial charge < -0.3 is 5.32 Å². The molecule has 0 atom stereocenters. The lowest BCUT2D eigenvalue weighted by atomic mass is 10.0. The van der Waals surface area contributed by atoms with Crippen LogP contribution in [-0.2, 0) is 13.6 Å². The predicted molar refractivity (Wildman–Crippen MR) is 75.4 cm³/mol. The molecule has 96 valence electrons. The van der Waals surface area contributed by atoms with Gasteiger partial charge in [0.15, 0.2) is 0 Å². The van der Waals surface area contributed by atoms with Crippen LogP contribution < -0.4 is 5.32 Å². The first-order valence-corrected chi connectivity index (χ1v) is 6.51. The van der Waals surface area contributed by atoms with E-state index in [1.54, 1.807) is 0 Å². The topological polar surface area (TPSA) is 29.9 Å². The molecule has 2 rings (SSSR count). The summed E-state index contributed by atoms with van der Waals surface area (Å²) in [6, 6.07) is 8.54. The van der Waals surface area contributed by atoms with Crippen LogP contribution >= 0.6 is 0 Å². The molecule has 0 unspecified atom stereocenters. The summed E-state index contributed by atoms with van der Waals surface area (Å²) < 4.78 is 1.92. The summed E-state index contributed by atoms with van der Waals surface area (Å²) >= 11 is 0. The number of hydrogen-bond donors (Lipinski definition) is 1. The molecule has 3 heteroatoms. The van der Waals surface area contributed by atoms with Crippen molar-refractivity contribution < 1.29 is 0 Å². The highest BCUT2D eigenvalue weighted by molar-refractivity contribution is 5.68.